The topological polar surface area (TPSA) is 0 Å². The zero-order valence-electron chi connectivity index (χ0n) is 11.5. The summed E-state index contributed by atoms with van der Waals surface area (Å²) >= 11 is 6.06. The Morgan fingerprint density at radius 1 is 0.667 bits per heavy atom. The Morgan fingerprint density at radius 2 is 1.19 bits per heavy atom. The van der Waals surface area contributed by atoms with Gasteiger partial charge in [0.1, 0.15) is 6.67 Å². The maximum Gasteiger partial charge on any atom is 0.115 e. The molecule has 0 saturated heterocycles. The van der Waals surface area contributed by atoms with Gasteiger partial charge in [-0.15, -0.1) is 0 Å². The van der Waals surface area contributed by atoms with E-state index >= 15 is 0 Å². The quantitative estimate of drug-likeness (QED) is 0.531. The Kier molecular flexibility index (Phi) is 5.99. The molecule has 0 amide bonds. The average Bonchev–Trinajstić information content (AvgIpc) is 2.57. The van der Waals surface area contributed by atoms with Crippen LogP contribution < -0.4 is 0 Å². The number of rotatable bonds is 2. The summed E-state index contributed by atoms with van der Waals surface area (Å²) in [4.78, 5) is 0. The molecule has 0 N–H and O–H groups in total. The second kappa shape index (κ2) is 8.23. The molecule has 0 aliphatic rings. The van der Waals surface area contributed by atoms with Gasteiger partial charge < -0.3 is 0 Å². The molecule has 0 aliphatic carbocycles. The molecule has 0 nitrogen and oxygen atoms in total. The Bertz CT molecular complexity index is 651. The smallest absolute Gasteiger partial charge is 0.115 e. The fourth-order valence-electron chi connectivity index (χ4n) is 1.88. The van der Waals surface area contributed by atoms with E-state index in [-0.39, 0.29) is 6.67 Å². The molecule has 0 aromatic heterocycles. The second-order valence-electron chi connectivity index (χ2n) is 4.47. The van der Waals surface area contributed by atoms with Crippen LogP contribution in [-0.2, 0) is 6.67 Å². The summed E-state index contributed by atoms with van der Waals surface area (Å²) in [5, 5.41) is 0.800. The molecule has 0 saturated carbocycles. The largest absolute Gasteiger partial charge is 0.246 e. The third-order valence-corrected chi connectivity index (χ3v) is 3.29. The van der Waals surface area contributed by atoms with Gasteiger partial charge in [0, 0.05) is 10.6 Å². The molecule has 106 valence electrons. The summed E-state index contributed by atoms with van der Waals surface area (Å²) in [5.41, 5.74) is 2.99. The molecule has 3 aromatic carbocycles. The molecule has 0 atom stereocenters. The highest BCUT2D eigenvalue weighted by Crippen LogP contribution is 2.26. The maximum atomic E-state index is 11.7. The first-order valence-electron chi connectivity index (χ1n) is 6.71. The SMILES string of the molecule is Clc1ccccc1-c1ccccc1.FCc1ccccc1. The normalized spacial score (nSPS) is 9.62. The first-order valence-corrected chi connectivity index (χ1v) is 7.09. The van der Waals surface area contributed by atoms with Crippen molar-refractivity contribution in [3.05, 3.63) is 95.5 Å². The van der Waals surface area contributed by atoms with Crippen molar-refractivity contribution in [1.29, 1.82) is 0 Å². The van der Waals surface area contributed by atoms with Crippen molar-refractivity contribution in [1.82, 2.24) is 0 Å². The lowest BCUT2D eigenvalue weighted by Crippen LogP contribution is -1.77. The van der Waals surface area contributed by atoms with Crippen LogP contribution in [0, 0.1) is 0 Å². The number of alkyl halides is 1. The van der Waals surface area contributed by atoms with Crippen molar-refractivity contribution in [3.63, 3.8) is 0 Å². The fraction of sp³-hybridized carbons (Fsp3) is 0.0526. The first kappa shape index (κ1) is 15.3. The van der Waals surface area contributed by atoms with Crippen molar-refractivity contribution < 1.29 is 4.39 Å². The van der Waals surface area contributed by atoms with Gasteiger partial charge in [-0.2, -0.15) is 0 Å². The zero-order chi connectivity index (χ0) is 14.9. The lowest BCUT2D eigenvalue weighted by Gasteiger charge is -2.02. The van der Waals surface area contributed by atoms with Crippen LogP contribution in [0.3, 0.4) is 0 Å². The van der Waals surface area contributed by atoms with Crippen LogP contribution in [0.25, 0.3) is 11.1 Å². The van der Waals surface area contributed by atoms with E-state index in [2.05, 4.69) is 12.1 Å². The maximum absolute atomic E-state index is 11.7. The molecule has 3 aromatic rings. The van der Waals surface area contributed by atoms with E-state index in [1.54, 1.807) is 12.1 Å². The minimum absolute atomic E-state index is 0.360. The molecule has 21 heavy (non-hydrogen) atoms. The standard InChI is InChI=1S/C12H9Cl.C7H7F/c13-12-9-5-4-8-11(12)10-6-2-1-3-7-10;8-6-7-4-2-1-3-5-7/h1-9H;1-5H,6H2. The summed E-state index contributed by atoms with van der Waals surface area (Å²) in [6, 6.07) is 27.1. The molecule has 0 fully saturated rings. The molecule has 0 aliphatic heterocycles. The monoisotopic (exact) mass is 298 g/mol. The summed E-state index contributed by atoms with van der Waals surface area (Å²) in [7, 11) is 0. The van der Waals surface area contributed by atoms with Crippen molar-refractivity contribution in [2.45, 2.75) is 6.67 Å². The third kappa shape index (κ3) is 4.73. The third-order valence-electron chi connectivity index (χ3n) is 2.96. The molecule has 0 radical (unpaired) electrons. The van der Waals surface area contributed by atoms with E-state index in [4.69, 9.17) is 11.6 Å². The van der Waals surface area contributed by atoms with E-state index in [0.29, 0.717) is 0 Å². The van der Waals surface area contributed by atoms with Gasteiger partial charge in [0.15, 0.2) is 0 Å². The van der Waals surface area contributed by atoms with E-state index in [9.17, 15) is 4.39 Å². The Hall–Kier alpha value is -2.12. The minimum atomic E-state index is -0.360. The van der Waals surface area contributed by atoms with Crippen LogP contribution in [0.2, 0.25) is 5.02 Å². The van der Waals surface area contributed by atoms with Gasteiger partial charge in [-0.25, -0.2) is 4.39 Å². The molecular weight excluding hydrogens is 283 g/mol. The zero-order valence-corrected chi connectivity index (χ0v) is 12.3. The lowest BCUT2D eigenvalue weighted by atomic mass is 10.1. The summed E-state index contributed by atoms with van der Waals surface area (Å²) in [6.07, 6.45) is 0. The molecule has 0 spiro atoms. The highest BCUT2D eigenvalue weighted by molar-refractivity contribution is 6.33. The van der Waals surface area contributed by atoms with Crippen LogP contribution in [0.15, 0.2) is 84.9 Å². The minimum Gasteiger partial charge on any atom is -0.246 e. The van der Waals surface area contributed by atoms with Crippen LogP contribution in [0.5, 0.6) is 0 Å². The number of benzene rings is 3. The number of hydrogen-bond donors (Lipinski definition) is 0. The Labute approximate surface area is 129 Å². The Morgan fingerprint density at radius 3 is 1.71 bits per heavy atom. The highest BCUT2D eigenvalue weighted by atomic mass is 35.5. The second-order valence-corrected chi connectivity index (χ2v) is 4.87. The molecule has 0 bridgehead atoms. The average molecular weight is 299 g/mol. The van der Waals surface area contributed by atoms with Crippen molar-refractivity contribution >= 4 is 11.6 Å². The van der Waals surface area contributed by atoms with Crippen LogP contribution in [0.4, 0.5) is 4.39 Å². The van der Waals surface area contributed by atoms with E-state index in [0.717, 1.165) is 21.7 Å². The fourth-order valence-corrected chi connectivity index (χ4v) is 2.12. The van der Waals surface area contributed by atoms with Gasteiger partial charge in [0.25, 0.3) is 0 Å². The molecule has 0 unspecified atom stereocenters. The highest BCUT2D eigenvalue weighted by Gasteiger charge is 1.99. The molecule has 2 heteroatoms. The van der Waals surface area contributed by atoms with Gasteiger partial charge >= 0.3 is 0 Å². The predicted octanol–water partition coefficient (Wildman–Crippen LogP) is 6.16. The van der Waals surface area contributed by atoms with Gasteiger partial charge in [0.05, 0.1) is 0 Å². The van der Waals surface area contributed by atoms with Gasteiger partial charge in [-0.05, 0) is 17.2 Å². The van der Waals surface area contributed by atoms with Crippen LogP contribution in [-0.4, -0.2) is 0 Å². The van der Waals surface area contributed by atoms with E-state index in [1.807, 2.05) is 60.7 Å². The molecular formula is C19H16ClF. The van der Waals surface area contributed by atoms with Crippen LogP contribution >= 0.6 is 11.6 Å². The molecule has 0 heterocycles. The van der Waals surface area contributed by atoms with E-state index in [1.165, 1.54) is 0 Å². The molecule has 3 rings (SSSR count). The summed E-state index contributed by atoms with van der Waals surface area (Å²) in [5.74, 6) is 0. The van der Waals surface area contributed by atoms with E-state index < -0.39 is 0 Å². The first-order chi connectivity index (χ1) is 10.3. The van der Waals surface area contributed by atoms with Gasteiger partial charge in [-0.3, -0.25) is 0 Å². The Balaban J connectivity index is 0.000000173. The summed E-state index contributed by atoms with van der Waals surface area (Å²) < 4.78 is 11.7. The van der Waals surface area contributed by atoms with Crippen molar-refractivity contribution in [2.75, 3.05) is 0 Å². The van der Waals surface area contributed by atoms with Crippen molar-refractivity contribution in [3.8, 4) is 11.1 Å². The predicted molar refractivity (Wildman–Crippen MR) is 88.1 cm³/mol. The number of halogens is 2. The van der Waals surface area contributed by atoms with Gasteiger partial charge in [-0.1, -0.05) is 90.5 Å². The summed E-state index contributed by atoms with van der Waals surface area (Å²) in [6.45, 7) is -0.360. The van der Waals surface area contributed by atoms with Crippen molar-refractivity contribution in [2.24, 2.45) is 0 Å². The van der Waals surface area contributed by atoms with Crippen LogP contribution in [0.1, 0.15) is 5.56 Å². The van der Waals surface area contributed by atoms with Gasteiger partial charge in [0.2, 0.25) is 0 Å². The lowest BCUT2D eigenvalue weighted by molar-refractivity contribution is 0.485. The number of hydrogen-bond acceptors (Lipinski definition) is 0.